The Hall–Kier alpha value is -1.38. The van der Waals surface area contributed by atoms with Crippen LogP contribution in [-0.4, -0.2) is 152 Å². The fourth-order valence-electron chi connectivity index (χ4n) is 13.4. The monoisotopic (exact) mass is 1410 g/mol. The van der Waals surface area contributed by atoms with Crippen LogP contribution in [0.25, 0.3) is 0 Å². The number of ether oxygens (including phenoxy) is 9. The smallest absolute Gasteiger partial charge is 0.308 e. The predicted molar refractivity (Wildman–Crippen MR) is 371 cm³/mol. The van der Waals surface area contributed by atoms with Crippen molar-refractivity contribution in [3.63, 3.8) is 0 Å². The van der Waals surface area contributed by atoms with Gasteiger partial charge < -0.3 is 60.7 Å². The van der Waals surface area contributed by atoms with Crippen LogP contribution in [0, 0.1) is 17.8 Å². The Kier molecular flexibility index (Phi) is 25.9. The first-order valence-corrected chi connectivity index (χ1v) is 44.5. The lowest BCUT2D eigenvalue weighted by molar-refractivity contribution is -0.270. The van der Waals surface area contributed by atoms with Gasteiger partial charge in [0.2, 0.25) is 0 Å². The second kappa shape index (κ2) is 30.8. The number of methoxy groups -OCH3 is 1. The van der Waals surface area contributed by atoms with E-state index in [-0.39, 0.29) is 88.2 Å². The van der Waals surface area contributed by atoms with Gasteiger partial charge >= 0.3 is 5.97 Å². The van der Waals surface area contributed by atoms with Gasteiger partial charge in [0.15, 0.2) is 25.0 Å². The fourth-order valence-corrected chi connectivity index (χ4v) is 18.2. The van der Waals surface area contributed by atoms with Crippen LogP contribution in [0.5, 0.6) is 5.75 Å². The summed E-state index contributed by atoms with van der Waals surface area (Å²) in [5.41, 5.74) is 1.93. The molecule has 6 aliphatic heterocycles. The minimum Gasteiger partial charge on any atom is -0.497 e. The van der Waals surface area contributed by atoms with Gasteiger partial charge in [0, 0.05) is 23.2 Å². The van der Waals surface area contributed by atoms with Crippen molar-refractivity contribution in [2.45, 2.75) is 345 Å². The first kappa shape index (κ1) is 75.0. The number of aldehydes is 1. The molecule has 4 unspecified atom stereocenters. The van der Waals surface area contributed by atoms with Crippen molar-refractivity contribution < 1.29 is 65.5 Å². The van der Waals surface area contributed by atoms with Crippen molar-refractivity contribution in [3.8, 4) is 5.75 Å². The van der Waals surface area contributed by atoms with Crippen LogP contribution in [0.3, 0.4) is 0 Å². The molecule has 1 aromatic carbocycles. The van der Waals surface area contributed by atoms with E-state index in [1.807, 2.05) is 12.1 Å². The van der Waals surface area contributed by atoms with Gasteiger partial charge in [-0.15, -0.1) is 0 Å². The van der Waals surface area contributed by atoms with Gasteiger partial charge in [-0.05, 0) is 149 Å². The zero-order chi connectivity index (χ0) is 65.8. The van der Waals surface area contributed by atoms with Crippen molar-refractivity contribution in [1.82, 2.24) is 0 Å². The SMILES string of the molecule is C=C(C)[C@H](C)C[C@H]1CC[C@@H]2OC(CCC(/C=C/[C@H](O[Si](C)(C)C(C)(C)C)[C@@H]3O[C@H]4CCC(CC(=O)O[C@@H]5[C@@H](C)[C@@H]6O[C@H](CCC)[C@H](C)CC6O[C@H]5CC=O)O[C@@H]4[C@H](O[Si](C)(C)C(C)(C)C)[C@@H]3O[Si](C)(C)C(C)(C)C)OCc3ccc(OC)cc3)C[C@]2(CI)O1. The molecule has 6 aliphatic rings. The average molecular weight is 1410 g/mol. The van der Waals surface area contributed by atoms with E-state index in [1.54, 1.807) is 7.11 Å². The van der Waals surface area contributed by atoms with Gasteiger partial charge in [-0.2, -0.15) is 0 Å². The third-order valence-corrected chi connectivity index (χ3v) is 37.1. The van der Waals surface area contributed by atoms with E-state index >= 15 is 0 Å². The molecule has 1 aromatic rings. The number of rotatable bonds is 27. The van der Waals surface area contributed by atoms with Crippen molar-refractivity contribution in [2.75, 3.05) is 11.5 Å². The number of allylic oxidation sites excluding steroid dienone is 1. The van der Waals surface area contributed by atoms with E-state index in [2.05, 4.69) is 190 Å². The summed E-state index contributed by atoms with van der Waals surface area (Å²) >= 11 is 2.52. The summed E-state index contributed by atoms with van der Waals surface area (Å²) in [6.45, 7) is 49.9. The van der Waals surface area contributed by atoms with Crippen molar-refractivity contribution in [1.29, 1.82) is 0 Å². The molecule has 0 saturated carbocycles. The molecule has 508 valence electrons. The van der Waals surface area contributed by atoms with Crippen LogP contribution in [-0.2, 0) is 67.4 Å². The van der Waals surface area contributed by atoms with Gasteiger partial charge in [-0.25, -0.2) is 0 Å². The van der Waals surface area contributed by atoms with Crippen molar-refractivity contribution >= 4 is 59.8 Å². The highest BCUT2D eigenvalue weighted by molar-refractivity contribution is 14.1. The molecule has 0 spiro atoms. The van der Waals surface area contributed by atoms with Crippen LogP contribution in [0.15, 0.2) is 48.6 Å². The first-order chi connectivity index (χ1) is 41.4. The van der Waals surface area contributed by atoms with E-state index in [9.17, 15) is 9.59 Å². The molecule has 6 heterocycles. The molecule has 0 aliphatic carbocycles. The van der Waals surface area contributed by atoms with Gasteiger partial charge in [0.1, 0.15) is 54.3 Å². The number of alkyl halides is 1. The number of carbonyl (C=O) groups excluding carboxylic acids is 2. The quantitative estimate of drug-likeness (QED) is 0.0206. The van der Waals surface area contributed by atoms with Gasteiger partial charge in [0.05, 0.1) is 81.2 Å². The number of benzene rings is 1. The third-order valence-electron chi connectivity index (χ3n) is 22.3. The summed E-state index contributed by atoms with van der Waals surface area (Å²) in [7, 11) is -6.11. The molecule has 18 heteroatoms. The average Bonchev–Trinajstić information content (AvgIpc) is 1.16. The lowest BCUT2D eigenvalue weighted by Gasteiger charge is -2.56. The molecule has 20 atom stereocenters. The normalized spacial score (nSPS) is 34.2. The molecular formula is C71H121IO14Si3. The van der Waals surface area contributed by atoms with E-state index in [4.69, 9.17) is 55.9 Å². The van der Waals surface area contributed by atoms with Crippen LogP contribution in [0.1, 0.15) is 186 Å². The first-order valence-electron chi connectivity index (χ1n) is 34.2. The van der Waals surface area contributed by atoms with E-state index in [1.165, 1.54) is 5.57 Å². The number of hydrogen-bond donors (Lipinski definition) is 0. The zero-order valence-corrected chi connectivity index (χ0v) is 64.1. The Balaban J connectivity index is 1.22. The summed E-state index contributed by atoms with van der Waals surface area (Å²) < 4.78 is 85.7. The van der Waals surface area contributed by atoms with Crippen LogP contribution < -0.4 is 4.74 Å². The van der Waals surface area contributed by atoms with E-state index < -0.39 is 79.9 Å². The minimum absolute atomic E-state index is 0.0173. The summed E-state index contributed by atoms with van der Waals surface area (Å²) in [5, 5.41) is -0.484. The maximum absolute atomic E-state index is 14.5. The molecule has 0 radical (unpaired) electrons. The Morgan fingerprint density at radius 2 is 1.40 bits per heavy atom. The third kappa shape index (κ3) is 18.6. The highest BCUT2D eigenvalue weighted by Gasteiger charge is 2.59. The Morgan fingerprint density at radius 1 is 0.764 bits per heavy atom. The molecule has 6 fully saturated rings. The summed E-state index contributed by atoms with van der Waals surface area (Å²) in [6, 6.07) is 8.10. The number of esters is 1. The second-order valence-corrected chi connectivity index (χ2v) is 47.4. The van der Waals surface area contributed by atoms with Gasteiger partial charge in [-0.3, -0.25) is 4.79 Å². The Bertz CT molecular complexity index is 2470. The summed E-state index contributed by atoms with van der Waals surface area (Å²) in [4.78, 5) is 26.7. The van der Waals surface area contributed by atoms with Crippen LogP contribution in [0.4, 0.5) is 0 Å². The standard InChI is InChI=1S/C71H121IO14Si3/c1-23-24-55-47(5)40-59-63(80-55)48(6)62(57(79-59)37-38-73)82-61(74)41-52-32-34-56-64(78-52)66(85-88(19,20)69(10,11)12)67(86-89(21,22)70(13,14)15)65(81-56)58(84-87(17,18)68(7,8)9)35-31-51(76-43-49-25-27-50(75-16)28-26-49)29-30-54-42-71(44-72)60(77-54)36-33-53(83-71)39-46(4)45(2)3/h25-28,31,35,38,46-48,51-60,62-67H,2,23-24,29-30,32-34,36-37,39-44H2,1,3-22H3/b35-31+/t46-,47-,48-,51?,52?,53-,54?,55-,56+,57+,58+,59?,60+,62-,63+,64+,65+,66+,67-,71-/m1/s1. The van der Waals surface area contributed by atoms with Crippen molar-refractivity contribution in [3.05, 3.63) is 54.1 Å². The van der Waals surface area contributed by atoms with E-state index in [0.717, 1.165) is 79.8 Å². The molecule has 0 bridgehead atoms. The molecule has 0 N–H and O–H groups in total. The number of hydrogen-bond acceptors (Lipinski definition) is 14. The van der Waals surface area contributed by atoms with Gasteiger partial charge in [-0.1, -0.05) is 155 Å². The van der Waals surface area contributed by atoms with Gasteiger partial charge in [0.25, 0.3) is 0 Å². The Labute approximate surface area is 555 Å². The van der Waals surface area contributed by atoms with Crippen molar-refractivity contribution in [2.24, 2.45) is 17.8 Å². The van der Waals surface area contributed by atoms with E-state index in [0.29, 0.717) is 31.3 Å². The maximum Gasteiger partial charge on any atom is 0.308 e. The lowest BCUT2D eigenvalue weighted by Crippen LogP contribution is -2.69. The zero-order valence-electron chi connectivity index (χ0n) is 58.9. The van der Waals surface area contributed by atoms with Crippen LogP contribution >= 0.6 is 22.6 Å². The Morgan fingerprint density at radius 3 is 2.00 bits per heavy atom. The number of carbonyl (C=O) groups is 2. The highest BCUT2D eigenvalue weighted by Crippen LogP contribution is 2.50. The predicted octanol–water partition coefficient (Wildman–Crippen LogP) is 16.4. The second-order valence-electron chi connectivity index (χ2n) is 32.4. The lowest BCUT2D eigenvalue weighted by atomic mass is 9.79. The molecule has 0 amide bonds. The highest BCUT2D eigenvalue weighted by atomic mass is 127. The maximum atomic E-state index is 14.5. The molecule has 14 nitrogen and oxygen atoms in total. The van der Waals surface area contributed by atoms with Crippen LogP contribution in [0.2, 0.25) is 54.4 Å². The molecular weight excluding hydrogens is 1290 g/mol. The summed E-state index contributed by atoms with van der Waals surface area (Å²) in [5.74, 6) is 0.980. The number of fused-ring (bicyclic) bond motifs is 3. The summed E-state index contributed by atoms with van der Waals surface area (Å²) in [6.07, 6.45) is 9.48. The molecule has 6 saturated heterocycles. The molecule has 89 heavy (non-hydrogen) atoms. The fraction of sp³-hybridized carbons (Fsp3) is 0.831. The minimum atomic E-state index is -2.63. The topological polar surface area (TPSA) is 145 Å². The molecule has 0 aromatic heterocycles. The number of halogens is 1. The largest absolute Gasteiger partial charge is 0.497 e. The molecule has 7 rings (SSSR count).